The van der Waals surface area contributed by atoms with E-state index in [0.29, 0.717) is 12.4 Å². The summed E-state index contributed by atoms with van der Waals surface area (Å²) >= 11 is 0. The van der Waals surface area contributed by atoms with Gasteiger partial charge in [0.2, 0.25) is 0 Å². The Morgan fingerprint density at radius 2 is 2.46 bits per heavy atom. The van der Waals surface area contributed by atoms with Crippen LogP contribution in [0.5, 0.6) is 0 Å². The van der Waals surface area contributed by atoms with E-state index in [0.717, 1.165) is 0 Å². The molecule has 0 atom stereocenters. The fraction of sp³-hybridized carbons (Fsp3) is 0.667. The number of aromatic nitrogens is 4. The molecule has 0 spiro atoms. The van der Waals surface area contributed by atoms with Crippen LogP contribution in [0, 0.1) is 0 Å². The van der Waals surface area contributed by atoms with Crippen molar-refractivity contribution in [2.75, 3.05) is 13.7 Å². The lowest BCUT2D eigenvalue weighted by atomic mass is 10.5. The molecule has 0 radical (unpaired) electrons. The smallest absolute Gasteiger partial charge is 0.319 e. The Morgan fingerprint density at radius 1 is 1.69 bits per heavy atom. The normalized spacial score (nSPS) is 10.0. The molecule has 0 unspecified atom stereocenters. The number of hydrogen-bond donors (Lipinski definition) is 1. The highest BCUT2D eigenvalue weighted by molar-refractivity contribution is 5.71. The number of hydrogen-bond acceptors (Lipinski definition) is 6. The third-order valence-corrected chi connectivity index (χ3v) is 1.33. The molecule has 0 aliphatic rings. The maximum absolute atomic E-state index is 10.7. The Balaban J connectivity index is 2.24. The van der Waals surface area contributed by atoms with E-state index in [1.165, 1.54) is 11.9 Å². The van der Waals surface area contributed by atoms with Gasteiger partial charge in [-0.2, -0.15) is 4.80 Å². The first-order valence-corrected chi connectivity index (χ1v) is 3.73. The molecule has 1 heterocycles. The van der Waals surface area contributed by atoms with Crippen LogP contribution < -0.4 is 5.32 Å². The molecule has 1 aromatic rings. The Kier molecular flexibility index (Phi) is 3.32. The number of tetrazole rings is 1. The summed E-state index contributed by atoms with van der Waals surface area (Å²) in [5.41, 5.74) is 0. The van der Waals surface area contributed by atoms with E-state index in [9.17, 15) is 4.79 Å². The number of nitrogens with zero attached hydrogens (tertiary/aromatic N) is 4. The molecular formula is C6H11N5O2. The Labute approximate surface area is 75.1 Å². The number of carbonyl (C=O) groups excluding carboxylic acids is 1. The van der Waals surface area contributed by atoms with Gasteiger partial charge in [0.15, 0.2) is 5.82 Å². The maximum Gasteiger partial charge on any atom is 0.319 e. The number of nitrogens with one attached hydrogen (secondary N) is 1. The quantitative estimate of drug-likeness (QED) is 0.573. The zero-order chi connectivity index (χ0) is 9.68. The summed E-state index contributed by atoms with van der Waals surface area (Å²) in [5, 5.41) is 14.1. The molecule has 0 fully saturated rings. The Bertz CT molecular complexity index is 284. The third-order valence-electron chi connectivity index (χ3n) is 1.33. The fourth-order valence-corrected chi connectivity index (χ4v) is 0.743. The molecule has 13 heavy (non-hydrogen) atoms. The van der Waals surface area contributed by atoms with Crippen molar-refractivity contribution in [3.63, 3.8) is 0 Å². The van der Waals surface area contributed by atoms with E-state index in [4.69, 9.17) is 0 Å². The van der Waals surface area contributed by atoms with Gasteiger partial charge in [0.05, 0.1) is 27.2 Å². The Morgan fingerprint density at radius 3 is 3.00 bits per heavy atom. The van der Waals surface area contributed by atoms with E-state index in [1.54, 1.807) is 7.05 Å². The topological polar surface area (TPSA) is 81.9 Å². The summed E-state index contributed by atoms with van der Waals surface area (Å²) < 4.78 is 4.43. The predicted molar refractivity (Wildman–Crippen MR) is 42.5 cm³/mol. The van der Waals surface area contributed by atoms with Gasteiger partial charge < -0.3 is 4.74 Å². The molecule has 0 bridgehead atoms. The van der Waals surface area contributed by atoms with Crippen molar-refractivity contribution in [1.29, 1.82) is 0 Å². The van der Waals surface area contributed by atoms with Crippen LogP contribution >= 0.6 is 0 Å². The second-order valence-corrected chi connectivity index (χ2v) is 2.37. The van der Waals surface area contributed by atoms with Gasteiger partial charge in [-0.25, -0.2) is 0 Å². The van der Waals surface area contributed by atoms with Crippen molar-refractivity contribution in [3.8, 4) is 0 Å². The molecule has 0 aromatic carbocycles. The van der Waals surface area contributed by atoms with Crippen molar-refractivity contribution in [2.45, 2.75) is 6.54 Å². The molecule has 72 valence electrons. The van der Waals surface area contributed by atoms with Crippen molar-refractivity contribution < 1.29 is 9.53 Å². The van der Waals surface area contributed by atoms with Crippen molar-refractivity contribution >= 4 is 5.97 Å². The molecule has 0 aliphatic carbocycles. The molecule has 1 rings (SSSR count). The summed E-state index contributed by atoms with van der Waals surface area (Å²) in [4.78, 5) is 12.0. The predicted octanol–water partition coefficient (Wildman–Crippen LogP) is -1.53. The summed E-state index contributed by atoms with van der Waals surface area (Å²) in [5.74, 6) is 0.232. The highest BCUT2D eigenvalue weighted by Crippen LogP contribution is 1.82. The molecule has 7 nitrogen and oxygen atoms in total. The van der Waals surface area contributed by atoms with Crippen molar-refractivity contribution in [1.82, 2.24) is 25.5 Å². The van der Waals surface area contributed by atoms with Crippen LogP contribution in [0.1, 0.15) is 5.82 Å². The fourth-order valence-electron chi connectivity index (χ4n) is 0.743. The Hall–Kier alpha value is -1.50. The zero-order valence-corrected chi connectivity index (χ0v) is 7.52. The number of rotatable bonds is 4. The number of carbonyl (C=O) groups is 1. The standard InChI is InChI=1S/C6H11N5O2/c1-11-9-5(8-10-11)3-7-4-6(12)13-2/h7H,3-4H2,1-2H3. The average Bonchev–Trinajstić information content (AvgIpc) is 2.51. The minimum atomic E-state index is -0.316. The van der Waals surface area contributed by atoms with Crippen LogP contribution in [0.25, 0.3) is 0 Å². The minimum absolute atomic E-state index is 0.148. The lowest BCUT2D eigenvalue weighted by molar-refractivity contribution is -0.139. The minimum Gasteiger partial charge on any atom is -0.468 e. The van der Waals surface area contributed by atoms with Gasteiger partial charge in [-0.15, -0.1) is 10.2 Å². The lowest BCUT2D eigenvalue weighted by Crippen LogP contribution is -2.23. The van der Waals surface area contributed by atoms with Crippen LogP contribution in [0.2, 0.25) is 0 Å². The van der Waals surface area contributed by atoms with Gasteiger partial charge in [0.25, 0.3) is 0 Å². The number of aryl methyl sites for hydroxylation is 1. The van der Waals surface area contributed by atoms with E-state index in [-0.39, 0.29) is 12.5 Å². The summed E-state index contributed by atoms with van der Waals surface area (Å²) in [7, 11) is 3.02. The molecular weight excluding hydrogens is 174 g/mol. The molecule has 1 aromatic heterocycles. The van der Waals surface area contributed by atoms with Crippen LogP contribution in [0.4, 0.5) is 0 Å². The number of methoxy groups -OCH3 is 1. The van der Waals surface area contributed by atoms with Crippen LogP contribution in [-0.4, -0.2) is 39.8 Å². The molecule has 0 saturated heterocycles. The van der Waals surface area contributed by atoms with Crippen LogP contribution in [-0.2, 0) is 23.1 Å². The first-order chi connectivity index (χ1) is 6.22. The SMILES string of the molecule is COC(=O)CNCc1nnn(C)n1. The number of esters is 1. The summed E-state index contributed by atoms with van der Waals surface area (Å²) in [6.45, 7) is 0.553. The second-order valence-electron chi connectivity index (χ2n) is 2.37. The molecule has 0 saturated carbocycles. The van der Waals surface area contributed by atoms with Gasteiger partial charge in [-0.1, -0.05) is 0 Å². The van der Waals surface area contributed by atoms with Crippen LogP contribution in [0.15, 0.2) is 0 Å². The van der Waals surface area contributed by atoms with E-state index >= 15 is 0 Å². The van der Waals surface area contributed by atoms with E-state index < -0.39 is 0 Å². The van der Waals surface area contributed by atoms with E-state index in [2.05, 4.69) is 25.5 Å². The highest BCUT2D eigenvalue weighted by atomic mass is 16.5. The van der Waals surface area contributed by atoms with Gasteiger partial charge in [0.1, 0.15) is 0 Å². The molecule has 0 aliphatic heterocycles. The average molecular weight is 185 g/mol. The largest absolute Gasteiger partial charge is 0.468 e. The monoisotopic (exact) mass is 185 g/mol. The summed E-state index contributed by atoms with van der Waals surface area (Å²) in [6, 6.07) is 0. The number of ether oxygens (including phenoxy) is 1. The third kappa shape index (κ3) is 3.16. The van der Waals surface area contributed by atoms with Crippen molar-refractivity contribution in [2.24, 2.45) is 7.05 Å². The van der Waals surface area contributed by atoms with E-state index in [1.807, 2.05) is 0 Å². The molecule has 7 heteroatoms. The lowest BCUT2D eigenvalue weighted by Gasteiger charge is -1.98. The maximum atomic E-state index is 10.7. The first-order valence-electron chi connectivity index (χ1n) is 3.73. The van der Waals surface area contributed by atoms with Crippen LogP contribution in [0.3, 0.4) is 0 Å². The molecule has 1 N–H and O–H groups in total. The second kappa shape index (κ2) is 4.51. The zero-order valence-electron chi connectivity index (χ0n) is 7.52. The first kappa shape index (κ1) is 9.59. The summed E-state index contributed by atoms with van der Waals surface area (Å²) in [6.07, 6.45) is 0. The molecule has 0 amide bonds. The van der Waals surface area contributed by atoms with Gasteiger partial charge in [-0.05, 0) is 5.21 Å². The highest BCUT2D eigenvalue weighted by Gasteiger charge is 2.02. The van der Waals surface area contributed by atoms with Gasteiger partial charge >= 0.3 is 5.97 Å². The van der Waals surface area contributed by atoms with Gasteiger partial charge in [-0.3, -0.25) is 10.1 Å². The van der Waals surface area contributed by atoms with Gasteiger partial charge in [0, 0.05) is 0 Å². The van der Waals surface area contributed by atoms with Crippen molar-refractivity contribution in [3.05, 3.63) is 5.82 Å².